The fraction of sp³-hybridized carbons (Fsp3) is 0.923. The Balaban J connectivity index is 3.45. The van der Waals surface area contributed by atoms with Gasteiger partial charge in [-0.2, -0.15) is 0 Å². The monoisotopic (exact) mass is 325 g/mol. The minimum atomic E-state index is -3.06. The molecule has 0 aliphatic rings. The molecule has 0 aromatic heterocycles. The van der Waals surface area contributed by atoms with Crippen LogP contribution < -0.4 is 5.32 Å². The predicted molar refractivity (Wildman–Crippen MR) is 85.0 cm³/mol. The van der Waals surface area contributed by atoms with Crippen LogP contribution in [0.2, 0.25) is 0 Å². The van der Waals surface area contributed by atoms with Gasteiger partial charge in [-0.3, -0.25) is 4.79 Å². The summed E-state index contributed by atoms with van der Waals surface area (Å²) in [4.78, 5) is 21.0. The van der Waals surface area contributed by atoms with Gasteiger partial charge >= 0.3 is 6.72 Å². The second-order valence-corrected chi connectivity index (χ2v) is 8.11. The molecule has 1 amide bonds. The highest BCUT2D eigenvalue weighted by Gasteiger charge is 2.16. The lowest BCUT2D eigenvalue weighted by Gasteiger charge is -2.17. The van der Waals surface area contributed by atoms with E-state index in [1.54, 1.807) is 0 Å². The Morgan fingerprint density at radius 3 is 2.35 bits per heavy atom. The lowest BCUT2D eigenvalue weighted by Crippen LogP contribution is -2.28. The van der Waals surface area contributed by atoms with Crippen LogP contribution in [0.3, 0.4) is 0 Å². The number of hydrogen-bond donors (Lipinski definition) is 2. The van der Waals surface area contributed by atoms with Crippen LogP contribution in [0.15, 0.2) is 0 Å². The molecule has 1 atom stereocenters. The molecule has 120 valence electrons. The highest BCUT2D eigenvalue weighted by molar-refractivity contribution is 8.07. The Morgan fingerprint density at radius 2 is 1.80 bits per heavy atom. The van der Waals surface area contributed by atoms with Gasteiger partial charge in [0.15, 0.2) is 0 Å². The molecule has 0 aliphatic carbocycles. The van der Waals surface area contributed by atoms with Crippen LogP contribution in [0.4, 0.5) is 0 Å². The predicted octanol–water partition coefficient (Wildman–Crippen LogP) is 2.98. The topological polar surface area (TPSA) is 67.8 Å². The van der Waals surface area contributed by atoms with Crippen LogP contribution in [-0.4, -0.2) is 30.1 Å². The van der Waals surface area contributed by atoms with Crippen molar-refractivity contribution in [2.75, 3.05) is 13.2 Å². The van der Waals surface area contributed by atoms with E-state index < -0.39 is 6.72 Å². The van der Waals surface area contributed by atoms with E-state index in [0.717, 1.165) is 25.7 Å². The average molecular weight is 325 g/mol. The molecule has 7 heteroatoms. The van der Waals surface area contributed by atoms with E-state index in [0.29, 0.717) is 13.2 Å². The average Bonchev–Trinajstić information content (AvgIpc) is 2.30. The number of carbonyl (C=O) groups excluding carboxylic acids is 1. The number of nitrogens with one attached hydrogen (secondary N) is 1. The van der Waals surface area contributed by atoms with Crippen molar-refractivity contribution in [3.8, 4) is 0 Å². The van der Waals surface area contributed by atoms with Crippen molar-refractivity contribution in [2.45, 2.75) is 59.5 Å². The molecular formula is C13H28NO4PS. The zero-order valence-corrected chi connectivity index (χ0v) is 14.6. The molecule has 0 spiro atoms. The quantitative estimate of drug-likeness (QED) is 0.451. The van der Waals surface area contributed by atoms with E-state index in [9.17, 15) is 9.69 Å². The van der Waals surface area contributed by atoms with Gasteiger partial charge in [0.05, 0.1) is 12.7 Å². The first-order valence-corrected chi connectivity index (χ1v) is 9.77. The van der Waals surface area contributed by atoms with Crippen molar-refractivity contribution >= 4 is 24.4 Å². The van der Waals surface area contributed by atoms with Gasteiger partial charge in [0, 0.05) is 12.5 Å². The molecule has 1 unspecified atom stereocenters. The van der Waals surface area contributed by atoms with Crippen LogP contribution in [0.25, 0.3) is 0 Å². The summed E-state index contributed by atoms with van der Waals surface area (Å²) in [5.41, 5.74) is 0. The minimum Gasteiger partial charge on any atom is -0.356 e. The molecule has 0 bridgehead atoms. The summed E-state index contributed by atoms with van der Waals surface area (Å²) < 4.78 is 10.3. The molecule has 5 nitrogen and oxygen atoms in total. The van der Waals surface area contributed by atoms with E-state index in [4.69, 9.17) is 20.9 Å². The Hall–Kier alpha value is 0. The van der Waals surface area contributed by atoms with Gasteiger partial charge in [0.1, 0.15) is 0 Å². The van der Waals surface area contributed by atoms with Crippen LogP contribution >= 0.6 is 6.72 Å². The second-order valence-electron chi connectivity index (χ2n) is 5.32. The highest BCUT2D eigenvalue weighted by atomic mass is 32.5. The summed E-state index contributed by atoms with van der Waals surface area (Å²) in [6.07, 6.45) is 3.65. The molecular weight excluding hydrogens is 297 g/mol. The van der Waals surface area contributed by atoms with Crippen LogP contribution in [-0.2, 0) is 25.6 Å². The molecule has 0 heterocycles. The fourth-order valence-corrected chi connectivity index (χ4v) is 3.17. The van der Waals surface area contributed by atoms with Gasteiger partial charge in [-0.15, -0.1) is 0 Å². The molecule has 0 fully saturated rings. The van der Waals surface area contributed by atoms with E-state index >= 15 is 0 Å². The lowest BCUT2D eigenvalue weighted by molar-refractivity contribution is -0.123. The molecule has 0 rings (SSSR count). The van der Waals surface area contributed by atoms with Gasteiger partial charge in [-0.05, 0) is 38.5 Å². The molecule has 0 aromatic rings. The van der Waals surface area contributed by atoms with Crippen molar-refractivity contribution in [1.29, 1.82) is 0 Å². The summed E-state index contributed by atoms with van der Waals surface area (Å²) in [7, 11) is 0. The highest BCUT2D eigenvalue weighted by Crippen LogP contribution is 2.44. The van der Waals surface area contributed by atoms with Gasteiger partial charge in [-0.25, -0.2) is 0 Å². The Labute approximate surface area is 127 Å². The lowest BCUT2D eigenvalue weighted by atomic mass is 10.2. The first-order valence-electron chi connectivity index (χ1n) is 7.18. The normalized spacial score (nSPS) is 14.6. The van der Waals surface area contributed by atoms with Crippen molar-refractivity contribution in [2.24, 2.45) is 5.92 Å². The Morgan fingerprint density at radius 1 is 1.20 bits per heavy atom. The maximum absolute atomic E-state index is 11.3. The van der Waals surface area contributed by atoms with Crippen molar-refractivity contribution in [3.63, 3.8) is 0 Å². The second kappa shape index (κ2) is 10.7. The standard InChI is InChI=1S/C13H28NO4PS/c1-11(2)13(15)14-9-7-5-6-8-10-17-19(16,20)18-12(3)4/h11-12H,5-10H2,1-4H3,(H,14,15)(H,16,20). The number of amides is 1. The Kier molecular flexibility index (Phi) is 10.7. The number of rotatable bonds is 11. The van der Waals surface area contributed by atoms with Crippen molar-refractivity contribution in [1.82, 2.24) is 5.32 Å². The molecule has 0 saturated heterocycles. The third-order valence-corrected chi connectivity index (χ3v) is 4.26. The van der Waals surface area contributed by atoms with Crippen molar-refractivity contribution in [3.05, 3.63) is 0 Å². The largest absolute Gasteiger partial charge is 0.356 e. The van der Waals surface area contributed by atoms with Gasteiger partial charge in [0.25, 0.3) is 0 Å². The van der Waals surface area contributed by atoms with E-state index in [-0.39, 0.29) is 17.9 Å². The van der Waals surface area contributed by atoms with Crippen LogP contribution in [0.1, 0.15) is 53.4 Å². The SMILES string of the molecule is CC(C)OP(O)(=S)OCCCCCCNC(=O)C(C)C. The van der Waals surface area contributed by atoms with E-state index in [1.165, 1.54) is 0 Å². The maximum Gasteiger partial charge on any atom is 0.324 e. The fourth-order valence-electron chi connectivity index (χ4n) is 1.47. The molecule has 20 heavy (non-hydrogen) atoms. The number of unbranched alkanes of at least 4 members (excludes halogenated alkanes) is 3. The van der Waals surface area contributed by atoms with E-state index in [2.05, 4.69) is 5.32 Å². The third-order valence-electron chi connectivity index (χ3n) is 2.49. The minimum absolute atomic E-state index is 0.0399. The summed E-state index contributed by atoms with van der Waals surface area (Å²) in [5, 5.41) is 2.88. The first-order chi connectivity index (χ1) is 9.24. The Bertz CT molecular complexity index is 323. The molecule has 0 aliphatic heterocycles. The first kappa shape index (κ1) is 20.0. The van der Waals surface area contributed by atoms with Gasteiger partial charge < -0.3 is 19.3 Å². The van der Waals surface area contributed by atoms with Gasteiger partial charge in [0.2, 0.25) is 5.91 Å². The summed E-state index contributed by atoms with van der Waals surface area (Å²) in [5.74, 6) is 0.137. The molecule has 0 radical (unpaired) electrons. The number of hydrogen-bond acceptors (Lipinski definition) is 4. The van der Waals surface area contributed by atoms with Crippen LogP contribution in [0, 0.1) is 5.92 Å². The molecule has 0 saturated carbocycles. The van der Waals surface area contributed by atoms with E-state index in [1.807, 2.05) is 27.7 Å². The maximum atomic E-state index is 11.3. The molecule has 0 aromatic carbocycles. The summed E-state index contributed by atoms with van der Waals surface area (Å²) in [6.45, 7) is 5.46. The zero-order valence-electron chi connectivity index (χ0n) is 12.9. The van der Waals surface area contributed by atoms with Crippen molar-refractivity contribution < 1.29 is 18.7 Å². The zero-order chi connectivity index (χ0) is 15.6. The van der Waals surface area contributed by atoms with Gasteiger partial charge in [-0.1, -0.05) is 26.7 Å². The van der Waals surface area contributed by atoms with Crippen LogP contribution in [0.5, 0.6) is 0 Å². The molecule has 2 N–H and O–H groups in total. The smallest absolute Gasteiger partial charge is 0.324 e. The third kappa shape index (κ3) is 11.8. The number of carbonyl (C=O) groups is 1. The summed E-state index contributed by atoms with van der Waals surface area (Å²) in [6, 6.07) is 0. The summed E-state index contributed by atoms with van der Waals surface area (Å²) >= 11 is 4.87.